The van der Waals surface area contributed by atoms with Crippen molar-refractivity contribution in [2.45, 2.75) is 33.8 Å². The first kappa shape index (κ1) is 21.1. The Morgan fingerprint density at radius 2 is 1.43 bits per heavy atom. The van der Waals surface area contributed by atoms with Gasteiger partial charge in [0.15, 0.2) is 19.7 Å². The molecule has 5 nitrogen and oxygen atoms in total. The average molecular weight is 509 g/mol. The molecule has 0 aromatic heterocycles. The molecule has 6 fully saturated rings. The van der Waals surface area contributed by atoms with Gasteiger partial charge in [-0.25, -0.2) is 16.8 Å². The number of hydrogen-bond donors (Lipinski definition) is 0. The number of fused-ring (bicyclic) bond motifs is 3. The maximum absolute atomic E-state index is 14.2. The molecular weight excluding hydrogens is 480 g/mol. The van der Waals surface area contributed by atoms with Crippen LogP contribution >= 0.6 is 0 Å². The molecule has 0 amide bonds. The van der Waals surface area contributed by atoms with E-state index in [1.165, 1.54) is 0 Å². The Hall–Kier alpha value is -1.99. The van der Waals surface area contributed by atoms with Crippen LogP contribution in [0.15, 0.2) is 70.5 Å². The fourth-order valence-electron chi connectivity index (χ4n) is 10.8. The quantitative estimate of drug-likeness (QED) is 0.595. The number of carbonyl (C=O) groups is 1. The predicted octanol–water partition coefficient (Wildman–Crippen LogP) is 3.66. The molecule has 0 spiro atoms. The lowest BCUT2D eigenvalue weighted by atomic mass is 9.70. The minimum atomic E-state index is -3.65. The van der Waals surface area contributed by atoms with E-state index in [9.17, 15) is 21.6 Å². The highest BCUT2D eigenvalue weighted by Crippen LogP contribution is 2.86. The molecule has 6 aliphatic rings. The summed E-state index contributed by atoms with van der Waals surface area (Å²) in [5.41, 5.74) is 0. The molecular formula is C28H28O5S2. The number of Topliss-reactive ketones (excluding diaryl/α,β-unsaturated/α-hetero) is 1. The van der Waals surface area contributed by atoms with Crippen LogP contribution in [0.4, 0.5) is 0 Å². The molecule has 35 heavy (non-hydrogen) atoms. The first-order valence-electron chi connectivity index (χ1n) is 12.9. The van der Waals surface area contributed by atoms with Gasteiger partial charge in [0.05, 0.1) is 20.3 Å². The third kappa shape index (κ3) is 2.22. The van der Waals surface area contributed by atoms with Crippen molar-refractivity contribution in [1.29, 1.82) is 0 Å². The van der Waals surface area contributed by atoms with E-state index in [-0.39, 0.29) is 47.0 Å². The molecule has 182 valence electrons. The molecule has 6 aliphatic carbocycles. The van der Waals surface area contributed by atoms with E-state index < -0.39 is 30.3 Å². The molecule has 0 heterocycles. The summed E-state index contributed by atoms with van der Waals surface area (Å²) < 4.78 is 53.6. The van der Waals surface area contributed by atoms with Crippen LogP contribution in [0, 0.1) is 59.2 Å². The standard InChI is InChI=1S/C28H28O5S2/c29-27-24-17(11-12-34(30,31)15-7-3-1-4-8-15)18-13-20-21-19-14-28(20,26(27)23(19)25(24)22(18)21)35(32,33)16-9-5-2-6-10-16/h1-10,17-26H,11-14H2/t17-,18+,19-,20-,21+,22+,23+,24-,25+,26-,28+/m1/s1. The zero-order valence-corrected chi connectivity index (χ0v) is 20.9. The van der Waals surface area contributed by atoms with Crippen molar-refractivity contribution in [3.63, 3.8) is 0 Å². The van der Waals surface area contributed by atoms with Crippen LogP contribution < -0.4 is 0 Å². The van der Waals surface area contributed by atoms with Crippen molar-refractivity contribution < 1.29 is 21.6 Å². The van der Waals surface area contributed by atoms with Crippen molar-refractivity contribution in [2.24, 2.45) is 59.2 Å². The molecule has 0 saturated heterocycles. The number of hydrogen-bond acceptors (Lipinski definition) is 5. The Bertz CT molecular complexity index is 1470. The van der Waals surface area contributed by atoms with Crippen LogP contribution in [0.3, 0.4) is 0 Å². The van der Waals surface area contributed by atoms with Gasteiger partial charge in [0, 0.05) is 11.8 Å². The van der Waals surface area contributed by atoms with Crippen LogP contribution in [0.1, 0.15) is 19.3 Å². The lowest BCUT2D eigenvalue weighted by molar-refractivity contribution is -0.128. The molecule has 2 aromatic rings. The van der Waals surface area contributed by atoms with Gasteiger partial charge in [-0.15, -0.1) is 0 Å². The average Bonchev–Trinajstić information content (AvgIpc) is 3.64. The van der Waals surface area contributed by atoms with Gasteiger partial charge in [0.1, 0.15) is 5.78 Å². The Balaban J connectivity index is 1.18. The topological polar surface area (TPSA) is 85.3 Å². The highest BCUT2D eigenvalue weighted by molar-refractivity contribution is 7.93. The summed E-state index contributed by atoms with van der Waals surface area (Å²) >= 11 is 0. The van der Waals surface area contributed by atoms with E-state index in [0.717, 1.165) is 6.42 Å². The molecule has 0 aliphatic heterocycles. The van der Waals surface area contributed by atoms with E-state index in [2.05, 4.69) is 0 Å². The van der Waals surface area contributed by atoms with E-state index in [0.29, 0.717) is 40.4 Å². The molecule has 6 saturated carbocycles. The fourth-order valence-corrected chi connectivity index (χ4v) is 14.8. The Labute approximate surface area is 206 Å². The van der Waals surface area contributed by atoms with Crippen molar-refractivity contribution in [3.8, 4) is 0 Å². The summed E-state index contributed by atoms with van der Waals surface area (Å²) in [6.07, 6.45) is 2.00. The molecule has 0 radical (unpaired) electrons. The van der Waals surface area contributed by atoms with Crippen molar-refractivity contribution in [1.82, 2.24) is 0 Å². The Morgan fingerprint density at radius 3 is 2.11 bits per heavy atom. The Morgan fingerprint density at radius 1 is 0.771 bits per heavy atom. The second-order valence-electron chi connectivity index (χ2n) is 11.9. The summed E-state index contributed by atoms with van der Waals surface area (Å²) in [7, 11) is -7.05. The van der Waals surface area contributed by atoms with Crippen molar-refractivity contribution >= 4 is 25.5 Å². The van der Waals surface area contributed by atoms with Gasteiger partial charge in [-0.3, -0.25) is 4.79 Å². The SMILES string of the molecule is O=C1[C@@H]2[C@H](CCS(=O)(=O)c3ccccc3)[C@@H]3C[C@@H]4[C@@H]5[C@H]6C[C@@]4(S(=O)(=O)c4ccccc4)[C@@H]1[C@@H]6[C@@H]2[C@@H]35. The van der Waals surface area contributed by atoms with Crippen molar-refractivity contribution in [3.05, 3.63) is 60.7 Å². The van der Waals surface area contributed by atoms with E-state index >= 15 is 0 Å². The lowest BCUT2D eigenvalue weighted by Gasteiger charge is -2.42. The largest absolute Gasteiger partial charge is 0.299 e. The predicted molar refractivity (Wildman–Crippen MR) is 129 cm³/mol. The summed E-state index contributed by atoms with van der Waals surface area (Å²) in [4.78, 5) is 14.8. The molecule has 0 unspecified atom stereocenters. The van der Waals surface area contributed by atoms with E-state index in [1.54, 1.807) is 48.5 Å². The summed E-state index contributed by atoms with van der Waals surface area (Å²) in [6, 6.07) is 17.3. The first-order chi connectivity index (χ1) is 16.8. The highest BCUT2D eigenvalue weighted by atomic mass is 32.2. The van der Waals surface area contributed by atoms with Crippen LogP contribution in [0.2, 0.25) is 0 Å². The second-order valence-corrected chi connectivity index (χ2v) is 16.3. The van der Waals surface area contributed by atoms with Crippen LogP contribution in [0.5, 0.6) is 0 Å². The molecule has 2 aromatic carbocycles. The smallest absolute Gasteiger partial charge is 0.185 e. The highest BCUT2D eigenvalue weighted by Gasteiger charge is 2.88. The van der Waals surface area contributed by atoms with Gasteiger partial charge in [-0.05, 0) is 90.9 Å². The van der Waals surface area contributed by atoms with E-state index in [4.69, 9.17) is 0 Å². The summed E-state index contributed by atoms with van der Waals surface area (Å²) in [5, 5.41) is 0. The minimum absolute atomic E-state index is 0.0392. The molecule has 0 N–H and O–H groups in total. The van der Waals surface area contributed by atoms with Crippen molar-refractivity contribution in [2.75, 3.05) is 5.75 Å². The monoisotopic (exact) mass is 508 g/mol. The zero-order valence-electron chi connectivity index (χ0n) is 19.2. The minimum Gasteiger partial charge on any atom is -0.299 e. The number of benzene rings is 2. The lowest BCUT2D eigenvalue weighted by Crippen LogP contribution is -2.53. The van der Waals surface area contributed by atoms with Crippen LogP contribution in [-0.4, -0.2) is 33.1 Å². The van der Waals surface area contributed by atoms with Crippen LogP contribution in [0.25, 0.3) is 0 Å². The van der Waals surface area contributed by atoms with Gasteiger partial charge in [0.25, 0.3) is 0 Å². The van der Waals surface area contributed by atoms with E-state index in [1.807, 2.05) is 12.1 Å². The van der Waals surface area contributed by atoms with Gasteiger partial charge in [-0.1, -0.05) is 36.4 Å². The first-order valence-corrected chi connectivity index (χ1v) is 16.0. The molecule has 7 heteroatoms. The second kappa shape index (κ2) is 6.46. The van der Waals surface area contributed by atoms with Crippen LogP contribution in [-0.2, 0) is 24.5 Å². The van der Waals surface area contributed by atoms with Gasteiger partial charge in [0.2, 0.25) is 0 Å². The van der Waals surface area contributed by atoms with Gasteiger partial charge >= 0.3 is 0 Å². The number of ketones is 1. The third-order valence-corrected chi connectivity index (χ3v) is 15.7. The third-order valence-electron chi connectivity index (χ3n) is 11.3. The van der Waals surface area contributed by atoms with Gasteiger partial charge in [-0.2, -0.15) is 0 Å². The number of carbonyl (C=O) groups excluding carboxylic acids is 1. The number of sulfone groups is 2. The summed E-state index contributed by atoms with van der Waals surface area (Å²) in [5.74, 6) is 1.70. The maximum atomic E-state index is 14.2. The molecule has 2 bridgehead atoms. The normalized spacial score (nSPS) is 45.8. The molecule has 8 rings (SSSR count). The maximum Gasteiger partial charge on any atom is 0.185 e. The fraction of sp³-hybridized carbons (Fsp3) is 0.536. The zero-order chi connectivity index (χ0) is 23.9. The molecule has 11 atom stereocenters. The number of rotatable bonds is 6. The van der Waals surface area contributed by atoms with Gasteiger partial charge < -0.3 is 0 Å². The summed E-state index contributed by atoms with van der Waals surface area (Å²) in [6.45, 7) is 0. The Kier molecular flexibility index (Phi) is 3.90.